The van der Waals surface area contributed by atoms with Crippen molar-refractivity contribution in [3.05, 3.63) is 78.1 Å². The van der Waals surface area contributed by atoms with Crippen LogP contribution in [0.25, 0.3) is 22.2 Å². The molecule has 0 bridgehead atoms. The summed E-state index contributed by atoms with van der Waals surface area (Å²) in [6, 6.07) is 18.8. The highest BCUT2D eigenvalue weighted by Gasteiger charge is 2.31. The van der Waals surface area contributed by atoms with Gasteiger partial charge in [0, 0.05) is 6.42 Å². The molecule has 0 aliphatic rings. The third kappa shape index (κ3) is 5.12. The Balaban J connectivity index is 1.53. The average molecular weight is 445 g/mol. The van der Waals surface area contributed by atoms with Crippen molar-refractivity contribution in [2.75, 3.05) is 0 Å². The fourth-order valence-electron chi connectivity index (χ4n) is 3.39. The molecule has 0 radical (unpaired) electrons. The summed E-state index contributed by atoms with van der Waals surface area (Å²) >= 11 is 0. The van der Waals surface area contributed by atoms with Gasteiger partial charge in [-0.1, -0.05) is 36.4 Å². The number of benzene rings is 3. The van der Waals surface area contributed by atoms with Crippen molar-refractivity contribution >= 4 is 22.0 Å². The summed E-state index contributed by atoms with van der Waals surface area (Å²) in [5, 5.41) is 5.59. The zero-order chi connectivity index (χ0) is 22.0. The summed E-state index contributed by atoms with van der Waals surface area (Å²) < 4.78 is 53.0. The van der Waals surface area contributed by atoms with Crippen LogP contribution in [-0.4, -0.2) is 20.5 Å². The fourth-order valence-corrected chi connectivity index (χ4v) is 4.01. The van der Waals surface area contributed by atoms with Gasteiger partial charge in [-0.2, -0.15) is 0 Å². The van der Waals surface area contributed by atoms with E-state index in [0.717, 1.165) is 22.2 Å². The molecule has 3 N–H and O–H groups in total. The molecule has 31 heavy (non-hydrogen) atoms. The molecular formula is C22H18F3N3O2S. The molecule has 9 heteroatoms. The largest absolute Gasteiger partial charge is 0.573 e. The molecule has 0 amide bonds. The molecule has 1 heterocycles. The van der Waals surface area contributed by atoms with E-state index in [9.17, 15) is 17.4 Å². The molecule has 5 nitrogen and oxygen atoms in total. The smallest absolute Gasteiger partial charge is 0.406 e. The first-order chi connectivity index (χ1) is 14.8. The molecule has 0 aliphatic carbocycles. The lowest BCUT2D eigenvalue weighted by Crippen LogP contribution is -2.17. The lowest BCUT2D eigenvalue weighted by molar-refractivity contribution is -0.274. The number of aromatic nitrogens is 2. The van der Waals surface area contributed by atoms with Crippen molar-refractivity contribution in [3.8, 4) is 16.9 Å². The topological polar surface area (TPSA) is 81.0 Å². The predicted molar refractivity (Wildman–Crippen MR) is 113 cm³/mol. The van der Waals surface area contributed by atoms with E-state index >= 15 is 0 Å². The quantitative estimate of drug-likeness (QED) is 0.443. The molecule has 0 fully saturated rings. The molecule has 0 saturated heterocycles. The number of hydrogen-bond donors (Lipinski definition) is 2. The van der Waals surface area contributed by atoms with Gasteiger partial charge in [0.05, 0.1) is 15.9 Å². The standard InChI is InChI=1S/C22H18F3N3O2S/c23-22(24,25)30-16-5-3-4-14(12-16)8-11-21-27-18-10-9-15(13-19(18)28-21)17-6-1-2-7-20(17)31(26)29/h1-7,9-10,12-13H,8,11,26H2,(H,27,28). The van der Waals surface area contributed by atoms with Gasteiger partial charge in [0.1, 0.15) is 22.6 Å². The Hall–Kier alpha value is -3.17. The minimum Gasteiger partial charge on any atom is -0.406 e. The Labute approximate surface area is 178 Å². The van der Waals surface area contributed by atoms with Crippen LogP contribution < -0.4 is 9.88 Å². The van der Waals surface area contributed by atoms with Crippen LogP contribution in [0.4, 0.5) is 13.2 Å². The van der Waals surface area contributed by atoms with Gasteiger partial charge < -0.3 is 9.72 Å². The number of fused-ring (bicyclic) bond motifs is 1. The van der Waals surface area contributed by atoms with E-state index in [4.69, 9.17) is 5.14 Å². The second-order valence-electron chi connectivity index (χ2n) is 6.90. The Kier molecular flexibility index (Phi) is 5.79. The lowest BCUT2D eigenvalue weighted by atomic mass is 10.1. The highest BCUT2D eigenvalue weighted by atomic mass is 32.2. The van der Waals surface area contributed by atoms with Crippen LogP contribution in [0.1, 0.15) is 11.4 Å². The summed E-state index contributed by atoms with van der Waals surface area (Å²) in [6.07, 6.45) is -3.70. The number of H-pyrrole nitrogens is 1. The average Bonchev–Trinajstić information content (AvgIpc) is 3.13. The summed E-state index contributed by atoms with van der Waals surface area (Å²) in [6.45, 7) is 0. The maximum absolute atomic E-state index is 12.4. The first-order valence-electron chi connectivity index (χ1n) is 9.37. The first kappa shape index (κ1) is 21.1. The predicted octanol–water partition coefficient (Wildman–Crippen LogP) is 4.90. The molecule has 3 aromatic carbocycles. The monoisotopic (exact) mass is 445 g/mol. The SMILES string of the molecule is NS(=O)c1ccccc1-c1ccc2nc(CCc3cccc(OC(F)(F)F)c3)[nH]c2c1. The van der Waals surface area contributed by atoms with Crippen molar-refractivity contribution in [2.45, 2.75) is 24.1 Å². The number of aromatic amines is 1. The van der Waals surface area contributed by atoms with Crippen LogP contribution in [-0.2, 0) is 23.8 Å². The number of ether oxygens (including phenoxy) is 1. The van der Waals surface area contributed by atoms with E-state index in [2.05, 4.69) is 14.7 Å². The zero-order valence-electron chi connectivity index (χ0n) is 16.1. The van der Waals surface area contributed by atoms with Gasteiger partial charge >= 0.3 is 6.36 Å². The van der Waals surface area contributed by atoms with Crippen LogP contribution >= 0.6 is 0 Å². The molecule has 4 rings (SSSR count). The van der Waals surface area contributed by atoms with Crippen LogP contribution in [0, 0.1) is 0 Å². The Morgan fingerprint density at radius 2 is 1.81 bits per heavy atom. The number of hydrogen-bond acceptors (Lipinski definition) is 3. The van der Waals surface area contributed by atoms with Gasteiger partial charge in [0.2, 0.25) is 0 Å². The van der Waals surface area contributed by atoms with Crippen LogP contribution in [0.15, 0.2) is 71.6 Å². The maximum atomic E-state index is 12.4. The molecule has 160 valence electrons. The van der Waals surface area contributed by atoms with Crippen molar-refractivity contribution in [1.82, 2.24) is 9.97 Å². The number of rotatable bonds is 6. The van der Waals surface area contributed by atoms with E-state index in [-0.39, 0.29) is 5.75 Å². The third-order valence-electron chi connectivity index (χ3n) is 4.73. The summed E-state index contributed by atoms with van der Waals surface area (Å²) in [4.78, 5) is 8.34. The van der Waals surface area contributed by atoms with Crippen molar-refractivity contribution in [1.29, 1.82) is 0 Å². The highest BCUT2D eigenvalue weighted by Crippen LogP contribution is 2.28. The van der Waals surface area contributed by atoms with Crippen LogP contribution in [0.2, 0.25) is 0 Å². The fraction of sp³-hybridized carbons (Fsp3) is 0.136. The Morgan fingerprint density at radius 1 is 1.00 bits per heavy atom. The molecule has 4 aromatic rings. The summed E-state index contributed by atoms with van der Waals surface area (Å²) in [5.74, 6) is 0.472. The molecule has 0 spiro atoms. The Morgan fingerprint density at radius 3 is 2.58 bits per heavy atom. The number of imidazole rings is 1. The number of nitrogens with two attached hydrogens (primary N) is 1. The van der Waals surface area contributed by atoms with E-state index in [1.165, 1.54) is 18.2 Å². The lowest BCUT2D eigenvalue weighted by Gasteiger charge is -2.09. The van der Waals surface area contributed by atoms with Crippen molar-refractivity contribution in [3.63, 3.8) is 0 Å². The van der Waals surface area contributed by atoms with E-state index in [0.29, 0.717) is 29.1 Å². The summed E-state index contributed by atoms with van der Waals surface area (Å²) in [5.41, 5.74) is 3.91. The first-order valence-corrected chi connectivity index (χ1v) is 10.6. The summed E-state index contributed by atoms with van der Waals surface area (Å²) in [7, 11) is -1.61. The van der Waals surface area contributed by atoms with Gasteiger partial charge in [-0.05, 0) is 53.4 Å². The Bertz CT molecular complexity index is 1250. The van der Waals surface area contributed by atoms with Gasteiger partial charge in [0.25, 0.3) is 0 Å². The zero-order valence-corrected chi connectivity index (χ0v) is 17.0. The van der Waals surface area contributed by atoms with Crippen LogP contribution in [0.3, 0.4) is 0 Å². The number of nitrogens with zero attached hydrogens (tertiary/aromatic N) is 1. The van der Waals surface area contributed by atoms with E-state index in [1.807, 2.05) is 30.3 Å². The van der Waals surface area contributed by atoms with Crippen molar-refractivity contribution in [2.24, 2.45) is 5.14 Å². The molecule has 1 aromatic heterocycles. The van der Waals surface area contributed by atoms with Gasteiger partial charge in [0.15, 0.2) is 0 Å². The molecular weight excluding hydrogens is 427 g/mol. The number of alkyl halides is 3. The van der Waals surface area contributed by atoms with Gasteiger partial charge in [-0.3, -0.25) is 0 Å². The maximum Gasteiger partial charge on any atom is 0.573 e. The van der Waals surface area contributed by atoms with E-state index in [1.54, 1.807) is 18.2 Å². The number of nitrogens with one attached hydrogen (secondary N) is 1. The number of aryl methyl sites for hydroxylation is 2. The number of halogens is 3. The highest BCUT2D eigenvalue weighted by molar-refractivity contribution is 7.82. The third-order valence-corrected chi connectivity index (χ3v) is 5.52. The second-order valence-corrected chi connectivity index (χ2v) is 7.94. The van der Waals surface area contributed by atoms with Gasteiger partial charge in [-0.25, -0.2) is 14.3 Å². The van der Waals surface area contributed by atoms with Crippen molar-refractivity contribution < 1.29 is 22.1 Å². The second kappa shape index (κ2) is 8.52. The van der Waals surface area contributed by atoms with Crippen LogP contribution in [0.5, 0.6) is 5.75 Å². The minimum atomic E-state index is -4.72. The van der Waals surface area contributed by atoms with Gasteiger partial charge in [-0.15, -0.1) is 13.2 Å². The molecule has 0 aliphatic heterocycles. The molecule has 0 saturated carbocycles. The molecule has 1 unspecified atom stereocenters. The molecule has 1 atom stereocenters. The minimum absolute atomic E-state index is 0.241. The van der Waals surface area contributed by atoms with E-state index < -0.39 is 17.3 Å². The normalized spacial score (nSPS) is 12.8.